The van der Waals surface area contributed by atoms with Crippen LogP contribution in [0.2, 0.25) is 0 Å². The summed E-state index contributed by atoms with van der Waals surface area (Å²) >= 11 is 0. The quantitative estimate of drug-likeness (QED) is 0.687. The number of carboxylic acids is 1. The molecule has 0 spiro atoms. The molecule has 7 heteroatoms. The van der Waals surface area contributed by atoms with Crippen molar-refractivity contribution < 1.29 is 9.90 Å². The summed E-state index contributed by atoms with van der Waals surface area (Å²) < 4.78 is 1.61. The fourth-order valence-electron chi connectivity index (χ4n) is 1.50. The summed E-state index contributed by atoms with van der Waals surface area (Å²) in [5.41, 5.74) is 6.96. The molecular weight excluding hydrogens is 234 g/mol. The lowest BCUT2D eigenvalue weighted by Crippen LogP contribution is -2.06. The molecule has 0 aliphatic carbocycles. The number of hydrogen-bond donors (Lipinski definition) is 3. The van der Waals surface area contributed by atoms with E-state index in [2.05, 4.69) is 15.4 Å². The van der Waals surface area contributed by atoms with Crippen molar-refractivity contribution in [2.24, 2.45) is 7.05 Å². The summed E-state index contributed by atoms with van der Waals surface area (Å²) in [6.07, 6.45) is 1.61. The van der Waals surface area contributed by atoms with Crippen molar-refractivity contribution in [1.29, 1.82) is 0 Å². The zero-order valence-corrected chi connectivity index (χ0v) is 9.79. The highest BCUT2D eigenvalue weighted by Gasteiger charge is 2.06. The molecule has 0 atom stereocenters. The van der Waals surface area contributed by atoms with Crippen molar-refractivity contribution in [3.8, 4) is 0 Å². The van der Waals surface area contributed by atoms with E-state index >= 15 is 0 Å². The van der Waals surface area contributed by atoms with Crippen LogP contribution in [0, 0.1) is 0 Å². The first-order valence-corrected chi connectivity index (χ1v) is 5.27. The predicted molar refractivity (Wildman–Crippen MR) is 66.1 cm³/mol. The second-order valence-corrected chi connectivity index (χ2v) is 3.80. The predicted octanol–water partition coefficient (Wildman–Crippen LogP) is 0.708. The first kappa shape index (κ1) is 11.9. The maximum atomic E-state index is 10.7. The average Bonchev–Trinajstić information content (AvgIpc) is 2.73. The number of nitrogens with one attached hydrogen (secondary N) is 1. The van der Waals surface area contributed by atoms with Crippen molar-refractivity contribution >= 4 is 17.3 Å². The lowest BCUT2D eigenvalue weighted by atomic mass is 10.2. The molecule has 2 rings (SSSR count). The van der Waals surface area contributed by atoms with E-state index in [4.69, 9.17) is 10.8 Å². The van der Waals surface area contributed by atoms with Gasteiger partial charge in [-0.1, -0.05) is 0 Å². The fourth-order valence-corrected chi connectivity index (χ4v) is 1.50. The molecule has 1 aromatic heterocycles. The van der Waals surface area contributed by atoms with Crippen LogP contribution in [-0.2, 0) is 13.6 Å². The van der Waals surface area contributed by atoms with E-state index in [1.807, 2.05) is 0 Å². The van der Waals surface area contributed by atoms with E-state index in [-0.39, 0.29) is 5.56 Å². The number of anilines is 2. The molecule has 1 heterocycles. The highest BCUT2D eigenvalue weighted by atomic mass is 16.4. The zero-order valence-electron chi connectivity index (χ0n) is 9.79. The number of aromatic carboxylic acids is 1. The third-order valence-corrected chi connectivity index (χ3v) is 2.38. The summed E-state index contributed by atoms with van der Waals surface area (Å²) in [4.78, 5) is 14.8. The van der Waals surface area contributed by atoms with Crippen LogP contribution in [0.1, 0.15) is 16.2 Å². The molecule has 0 fully saturated rings. The zero-order chi connectivity index (χ0) is 13.1. The molecule has 0 saturated carbocycles. The molecule has 4 N–H and O–H groups in total. The maximum Gasteiger partial charge on any atom is 0.335 e. The van der Waals surface area contributed by atoms with E-state index in [1.54, 1.807) is 24.1 Å². The largest absolute Gasteiger partial charge is 0.478 e. The maximum absolute atomic E-state index is 10.7. The number of aromatic nitrogens is 3. The summed E-state index contributed by atoms with van der Waals surface area (Å²) in [7, 11) is 1.78. The fraction of sp³-hybridized carbons (Fsp3) is 0.182. The lowest BCUT2D eigenvalue weighted by molar-refractivity contribution is 0.0697. The Morgan fingerprint density at radius 2 is 2.33 bits per heavy atom. The van der Waals surface area contributed by atoms with E-state index in [1.165, 1.54) is 12.1 Å². The molecule has 7 nitrogen and oxygen atoms in total. The Morgan fingerprint density at radius 1 is 1.56 bits per heavy atom. The van der Waals surface area contributed by atoms with Crippen LogP contribution in [0.25, 0.3) is 0 Å². The number of rotatable bonds is 4. The van der Waals surface area contributed by atoms with Crippen molar-refractivity contribution in [2.45, 2.75) is 6.54 Å². The number of nitrogens with zero attached hydrogens (tertiary/aromatic N) is 3. The van der Waals surface area contributed by atoms with Crippen molar-refractivity contribution in [2.75, 3.05) is 11.1 Å². The highest BCUT2D eigenvalue weighted by Crippen LogP contribution is 2.20. The van der Waals surface area contributed by atoms with Gasteiger partial charge in [-0.2, -0.15) is 5.10 Å². The number of aryl methyl sites for hydroxylation is 1. The molecule has 0 radical (unpaired) electrons. The molecular formula is C11H13N5O2. The second-order valence-electron chi connectivity index (χ2n) is 3.80. The van der Waals surface area contributed by atoms with Crippen LogP contribution in [0.4, 0.5) is 11.4 Å². The van der Waals surface area contributed by atoms with Crippen LogP contribution < -0.4 is 11.1 Å². The van der Waals surface area contributed by atoms with Gasteiger partial charge in [-0.05, 0) is 18.2 Å². The molecule has 0 unspecified atom stereocenters. The molecule has 0 aliphatic rings. The SMILES string of the molecule is Cn1cnc(CNc2ccc(C(=O)O)cc2N)n1. The Hall–Kier alpha value is -2.57. The van der Waals surface area contributed by atoms with Crippen LogP contribution in [-0.4, -0.2) is 25.8 Å². The topological polar surface area (TPSA) is 106 Å². The normalized spacial score (nSPS) is 10.3. The lowest BCUT2D eigenvalue weighted by Gasteiger charge is -2.08. The highest BCUT2D eigenvalue weighted by molar-refractivity contribution is 5.90. The Labute approximate surface area is 103 Å². The molecule has 2 aromatic rings. The first-order chi connectivity index (χ1) is 8.56. The summed E-state index contributed by atoms with van der Waals surface area (Å²) in [6, 6.07) is 4.53. The smallest absolute Gasteiger partial charge is 0.335 e. The minimum absolute atomic E-state index is 0.161. The minimum Gasteiger partial charge on any atom is -0.478 e. The third kappa shape index (κ3) is 2.57. The molecule has 1 aromatic carbocycles. The van der Waals surface area contributed by atoms with Crippen LogP contribution in [0.5, 0.6) is 0 Å². The molecule has 18 heavy (non-hydrogen) atoms. The number of nitrogens with two attached hydrogens (primary N) is 1. The molecule has 94 valence electrons. The first-order valence-electron chi connectivity index (χ1n) is 5.27. The van der Waals surface area contributed by atoms with Gasteiger partial charge in [0.15, 0.2) is 5.82 Å². The van der Waals surface area contributed by atoms with Gasteiger partial charge in [-0.25, -0.2) is 9.78 Å². The third-order valence-electron chi connectivity index (χ3n) is 2.38. The summed E-state index contributed by atoms with van der Waals surface area (Å²) in [5.74, 6) is -0.362. The van der Waals surface area contributed by atoms with Gasteiger partial charge in [0.25, 0.3) is 0 Å². The van der Waals surface area contributed by atoms with Crippen LogP contribution in [0.3, 0.4) is 0 Å². The van der Waals surface area contributed by atoms with Gasteiger partial charge in [0, 0.05) is 7.05 Å². The van der Waals surface area contributed by atoms with Gasteiger partial charge >= 0.3 is 5.97 Å². The minimum atomic E-state index is -1.00. The molecule has 0 amide bonds. The monoisotopic (exact) mass is 247 g/mol. The van der Waals surface area contributed by atoms with Crippen molar-refractivity contribution in [1.82, 2.24) is 14.8 Å². The van der Waals surface area contributed by atoms with Gasteiger partial charge in [-0.3, -0.25) is 4.68 Å². The Kier molecular flexibility index (Phi) is 3.13. The van der Waals surface area contributed by atoms with E-state index in [0.29, 0.717) is 23.7 Å². The molecule has 0 saturated heterocycles. The number of hydrogen-bond acceptors (Lipinski definition) is 5. The van der Waals surface area contributed by atoms with Gasteiger partial charge in [-0.15, -0.1) is 0 Å². The molecule has 0 aliphatic heterocycles. The van der Waals surface area contributed by atoms with Crippen LogP contribution in [0.15, 0.2) is 24.5 Å². The van der Waals surface area contributed by atoms with Crippen LogP contribution >= 0.6 is 0 Å². The Balaban J connectivity index is 2.08. The average molecular weight is 247 g/mol. The van der Waals surface area contributed by atoms with E-state index in [9.17, 15) is 4.79 Å². The van der Waals surface area contributed by atoms with E-state index in [0.717, 1.165) is 0 Å². The Morgan fingerprint density at radius 3 is 2.89 bits per heavy atom. The van der Waals surface area contributed by atoms with E-state index < -0.39 is 5.97 Å². The van der Waals surface area contributed by atoms with Crippen molar-refractivity contribution in [3.63, 3.8) is 0 Å². The number of carbonyl (C=O) groups is 1. The van der Waals surface area contributed by atoms with Gasteiger partial charge in [0.2, 0.25) is 0 Å². The standard InChI is InChI=1S/C11H13N5O2/c1-16-6-14-10(15-16)5-13-9-3-2-7(11(17)18)4-8(9)12/h2-4,6,13H,5,12H2,1H3,(H,17,18). The van der Waals surface area contributed by atoms with Gasteiger partial charge < -0.3 is 16.2 Å². The number of benzene rings is 1. The van der Waals surface area contributed by atoms with Crippen molar-refractivity contribution in [3.05, 3.63) is 35.9 Å². The Bertz CT molecular complexity index is 579. The second kappa shape index (κ2) is 4.74. The van der Waals surface area contributed by atoms with Gasteiger partial charge in [0.05, 0.1) is 23.5 Å². The molecule has 0 bridgehead atoms. The number of nitrogen functional groups attached to an aromatic ring is 1. The van der Waals surface area contributed by atoms with Gasteiger partial charge in [0.1, 0.15) is 6.33 Å². The summed E-state index contributed by atoms with van der Waals surface area (Å²) in [6.45, 7) is 0.428. The number of carboxylic acid groups (broad SMARTS) is 1. The summed E-state index contributed by atoms with van der Waals surface area (Å²) in [5, 5.41) is 16.0.